The van der Waals surface area contributed by atoms with E-state index in [9.17, 15) is 10.2 Å². The van der Waals surface area contributed by atoms with Crippen molar-refractivity contribution >= 4 is 12.2 Å². The lowest BCUT2D eigenvalue weighted by Gasteiger charge is -1.98. The predicted octanol–water partition coefficient (Wildman–Crippen LogP) is 2.16. The molecule has 1 aromatic heterocycles. The highest BCUT2D eigenvalue weighted by Crippen LogP contribution is 2.26. The van der Waals surface area contributed by atoms with Crippen LogP contribution < -0.4 is 0 Å². The van der Waals surface area contributed by atoms with Gasteiger partial charge < -0.3 is 19.5 Å². The average molecular weight is 274 g/mol. The van der Waals surface area contributed by atoms with E-state index in [0.717, 1.165) is 18.6 Å². The van der Waals surface area contributed by atoms with Crippen LogP contribution in [-0.2, 0) is 4.74 Å². The van der Waals surface area contributed by atoms with Crippen molar-refractivity contribution in [3.63, 3.8) is 0 Å². The zero-order chi connectivity index (χ0) is 13.9. The van der Waals surface area contributed by atoms with Crippen LogP contribution in [0.4, 0.5) is 0 Å². The van der Waals surface area contributed by atoms with Crippen LogP contribution in [0.5, 0.6) is 11.5 Å². The van der Waals surface area contributed by atoms with Crippen molar-refractivity contribution in [2.75, 3.05) is 13.2 Å². The molecule has 1 aromatic carbocycles. The summed E-state index contributed by atoms with van der Waals surface area (Å²) < 4.78 is 10.4. The van der Waals surface area contributed by atoms with Gasteiger partial charge in [-0.15, -0.1) is 0 Å². The van der Waals surface area contributed by atoms with E-state index in [0.29, 0.717) is 18.3 Å². The van der Waals surface area contributed by atoms with E-state index in [2.05, 4.69) is 10.1 Å². The number of rotatable bonds is 3. The van der Waals surface area contributed by atoms with Crippen LogP contribution in [0.3, 0.4) is 0 Å². The summed E-state index contributed by atoms with van der Waals surface area (Å²) in [5.74, 6) is 0.957. The molecule has 0 radical (unpaired) electrons. The van der Waals surface area contributed by atoms with Gasteiger partial charge in [0.1, 0.15) is 0 Å². The van der Waals surface area contributed by atoms with E-state index in [1.54, 1.807) is 18.2 Å². The maximum Gasteiger partial charge on any atom is 0.250 e. The lowest BCUT2D eigenvalue weighted by atomic mass is 10.1. The van der Waals surface area contributed by atoms with Crippen LogP contribution >= 0.6 is 0 Å². The van der Waals surface area contributed by atoms with E-state index in [-0.39, 0.29) is 17.4 Å². The summed E-state index contributed by atoms with van der Waals surface area (Å²) in [5.41, 5.74) is 0.726. The monoisotopic (exact) mass is 274 g/mol. The maximum absolute atomic E-state index is 9.40. The first-order valence-corrected chi connectivity index (χ1v) is 6.34. The number of phenolic OH excluding ortho intramolecular Hbond substituents is 2. The minimum Gasteiger partial charge on any atom is -0.504 e. The fourth-order valence-corrected chi connectivity index (χ4v) is 2.03. The Kier molecular flexibility index (Phi) is 3.39. The lowest BCUT2D eigenvalue weighted by Crippen LogP contribution is -1.99. The van der Waals surface area contributed by atoms with Crippen molar-refractivity contribution in [1.29, 1.82) is 0 Å². The SMILES string of the molecule is Oc1ccc(C=Cc2nc(C3CCOC3)no2)cc1O. The Morgan fingerprint density at radius 3 is 2.85 bits per heavy atom. The number of hydrogen-bond acceptors (Lipinski definition) is 6. The first-order chi connectivity index (χ1) is 9.72. The molecule has 0 bridgehead atoms. The van der Waals surface area contributed by atoms with Crippen molar-refractivity contribution in [1.82, 2.24) is 10.1 Å². The van der Waals surface area contributed by atoms with Crippen molar-refractivity contribution < 1.29 is 19.5 Å². The second-order valence-electron chi connectivity index (χ2n) is 4.63. The molecule has 2 aromatic rings. The van der Waals surface area contributed by atoms with Gasteiger partial charge in [-0.3, -0.25) is 0 Å². The molecular formula is C14H14N2O4. The first kappa shape index (κ1) is 12.7. The molecule has 0 aliphatic carbocycles. The molecule has 2 N–H and O–H groups in total. The topological polar surface area (TPSA) is 88.6 Å². The Labute approximate surface area is 115 Å². The molecule has 2 heterocycles. The van der Waals surface area contributed by atoms with Gasteiger partial charge in [-0.1, -0.05) is 11.2 Å². The van der Waals surface area contributed by atoms with Crippen LogP contribution in [-0.4, -0.2) is 33.6 Å². The third kappa shape index (κ3) is 2.65. The minimum atomic E-state index is -0.165. The summed E-state index contributed by atoms with van der Waals surface area (Å²) in [6, 6.07) is 4.55. The molecule has 1 unspecified atom stereocenters. The van der Waals surface area contributed by atoms with Gasteiger partial charge in [0.2, 0.25) is 0 Å². The van der Waals surface area contributed by atoms with Crippen molar-refractivity contribution in [3.05, 3.63) is 35.5 Å². The fraction of sp³-hybridized carbons (Fsp3) is 0.286. The Bertz CT molecular complexity index is 630. The Morgan fingerprint density at radius 1 is 1.20 bits per heavy atom. The molecular weight excluding hydrogens is 260 g/mol. The van der Waals surface area contributed by atoms with Crippen LogP contribution in [0.25, 0.3) is 12.2 Å². The maximum atomic E-state index is 9.40. The second-order valence-corrected chi connectivity index (χ2v) is 4.63. The standard InChI is InChI=1S/C14H14N2O4/c17-11-3-1-9(7-12(11)18)2-4-13-15-14(16-20-13)10-5-6-19-8-10/h1-4,7,10,17-18H,5-6,8H2. The normalized spacial score (nSPS) is 18.9. The van der Waals surface area contributed by atoms with Crippen LogP contribution in [0.15, 0.2) is 22.7 Å². The minimum absolute atomic E-state index is 0.150. The van der Waals surface area contributed by atoms with Gasteiger partial charge in [-0.25, -0.2) is 0 Å². The zero-order valence-corrected chi connectivity index (χ0v) is 10.7. The van der Waals surface area contributed by atoms with Crippen LogP contribution in [0.1, 0.15) is 29.6 Å². The number of aromatic nitrogens is 2. The summed E-state index contributed by atoms with van der Waals surface area (Å²) in [6.45, 7) is 1.37. The highest BCUT2D eigenvalue weighted by Gasteiger charge is 2.22. The molecule has 6 nitrogen and oxygen atoms in total. The second kappa shape index (κ2) is 5.34. The van der Waals surface area contributed by atoms with Gasteiger partial charge >= 0.3 is 0 Å². The van der Waals surface area contributed by atoms with E-state index in [4.69, 9.17) is 9.26 Å². The zero-order valence-electron chi connectivity index (χ0n) is 10.7. The van der Waals surface area contributed by atoms with Crippen LogP contribution in [0.2, 0.25) is 0 Å². The summed E-state index contributed by atoms with van der Waals surface area (Å²) in [7, 11) is 0. The number of ether oxygens (including phenoxy) is 1. The van der Waals surface area contributed by atoms with Gasteiger partial charge in [0.05, 0.1) is 6.61 Å². The molecule has 1 saturated heterocycles. The third-order valence-electron chi connectivity index (χ3n) is 3.17. The van der Waals surface area contributed by atoms with E-state index >= 15 is 0 Å². The van der Waals surface area contributed by atoms with Gasteiger partial charge in [-0.05, 0) is 30.2 Å². The molecule has 1 atom stereocenters. The number of phenols is 2. The van der Waals surface area contributed by atoms with Crippen molar-refractivity contribution in [2.24, 2.45) is 0 Å². The highest BCUT2D eigenvalue weighted by molar-refractivity contribution is 5.67. The molecule has 0 spiro atoms. The summed E-state index contributed by atoms with van der Waals surface area (Å²) >= 11 is 0. The number of nitrogens with zero attached hydrogens (tertiary/aromatic N) is 2. The van der Waals surface area contributed by atoms with Gasteiger partial charge in [-0.2, -0.15) is 4.98 Å². The van der Waals surface area contributed by atoms with Gasteiger partial charge in [0.15, 0.2) is 17.3 Å². The molecule has 1 aliphatic rings. The van der Waals surface area contributed by atoms with E-state index in [1.807, 2.05) is 0 Å². The number of benzene rings is 1. The summed E-state index contributed by atoms with van der Waals surface area (Å²) in [5, 5.41) is 22.6. The predicted molar refractivity (Wildman–Crippen MR) is 71.2 cm³/mol. The molecule has 20 heavy (non-hydrogen) atoms. The molecule has 1 aliphatic heterocycles. The van der Waals surface area contributed by atoms with Crippen molar-refractivity contribution in [2.45, 2.75) is 12.3 Å². The molecule has 0 amide bonds. The van der Waals surface area contributed by atoms with Crippen LogP contribution in [0, 0.1) is 0 Å². The molecule has 104 valence electrons. The molecule has 6 heteroatoms. The van der Waals surface area contributed by atoms with E-state index in [1.165, 1.54) is 12.1 Å². The summed E-state index contributed by atoms with van der Waals surface area (Å²) in [4.78, 5) is 4.29. The lowest BCUT2D eigenvalue weighted by molar-refractivity contribution is 0.192. The highest BCUT2D eigenvalue weighted by atomic mass is 16.5. The third-order valence-corrected chi connectivity index (χ3v) is 3.17. The summed E-state index contributed by atoms with van der Waals surface area (Å²) in [6.07, 6.45) is 4.30. The molecule has 3 rings (SSSR count). The quantitative estimate of drug-likeness (QED) is 0.834. The largest absolute Gasteiger partial charge is 0.504 e. The fourth-order valence-electron chi connectivity index (χ4n) is 2.03. The Morgan fingerprint density at radius 2 is 2.10 bits per heavy atom. The molecule has 0 saturated carbocycles. The van der Waals surface area contributed by atoms with Crippen molar-refractivity contribution in [3.8, 4) is 11.5 Å². The Hall–Kier alpha value is -2.34. The molecule has 1 fully saturated rings. The van der Waals surface area contributed by atoms with E-state index < -0.39 is 0 Å². The van der Waals surface area contributed by atoms with Gasteiger partial charge in [0.25, 0.3) is 5.89 Å². The smallest absolute Gasteiger partial charge is 0.250 e. The Balaban J connectivity index is 1.73. The first-order valence-electron chi connectivity index (χ1n) is 6.34. The number of aromatic hydroxyl groups is 2. The number of hydrogen-bond donors (Lipinski definition) is 2. The van der Waals surface area contributed by atoms with Gasteiger partial charge in [0, 0.05) is 18.6 Å². The average Bonchev–Trinajstić information content (AvgIpc) is 3.09.